The Morgan fingerprint density at radius 2 is 0.655 bits per heavy atom. The second-order valence-corrected chi connectivity index (χ2v) is 19.1. The van der Waals surface area contributed by atoms with Gasteiger partial charge >= 0.3 is 0 Å². The van der Waals surface area contributed by atoms with E-state index >= 15 is 0 Å². The van der Waals surface area contributed by atoms with Gasteiger partial charge in [0.05, 0.1) is 0 Å². The average molecular weight is 772 g/mol. The Morgan fingerprint density at radius 3 is 1.02 bits per heavy atom. The van der Waals surface area contributed by atoms with Crippen LogP contribution in [0.15, 0.2) is 182 Å². The summed E-state index contributed by atoms with van der Waals surface area (Å²) >= 11 is 0. The van der Waals surface area contributed by atoms with E-state index in [4.69, 9.17) is 15.0 Å². The first-order valence-electron chi connectivity index (χ1n) is 20.3. The van der Waals surface area contributed by atoms with Crippen molar-refractivity contribution in [2.24, 2.45) is 0 Å². The van der Waals surface area contributed by atoms with Gasteiger partial charge in [0.1, 0.15) is 7.14 Å². The molecule has 1 fully saturated rings. The zero-order valence-electron chi connectivity index (χ0n) is 33.1. The Bertz CT molecular complexity index is 2580. The molecule has 1 saturated carbocycles. The topological polar surface area (TPSA) is 55.7 Å². The van der Waals surface area contributed by atoms with Gasteiger partial charge in [-0.1, -0.05) is 201 Å². The molecule has 7 aromatic carbocycles. The lowest BCUT2D eigenvalue weighted by Crippen LogP contribution is -2.30. The second kappa shape index (κ2) is 16.0. The lowest BCUT2D eigenvalue weighted by molar-refractivity contribution is 0.346. The minimum Gasteiger partial charge on any atom is -0.319 e. The summed E-state index contributed by atoms with van der Waals surface area (Å²) in [4.78, 5) is 15.3. The molecule has 0 unspecified atom stereocenters. The molecule has 58 heavy (non-hydrogen) atoms. The van der Waals surface area contributed by atoms with Gasteiger partial charge in [-0.3, -0.25) is 0 Å². The Kier molecular flexibility index (Phi) is 10.3. The van der Waals surface area contributed by atoms with Crippen LogP contribution < -0.4 is 5.30 Å². The molecule has 9 rings (SSSR count). The molecule has 0 saturated heterocycles. The maximum atomic E-state index is 12.6. The van der Waals surface area contributed by atoms with Gasteiger partial charge in [0.2, 0.25) is 0 Å². The van der Waals surface area contributed by atoms with Crippen molar-refractivity contribution in [3.63, 3.8) is 0 Å². The molecule has 5 heteroatoms. The van der Waals surface area contributed by atoms with E-state index in [0.717, 1.165) is 51.5 Å². The Hall–Kier alpha value is -6.22. The molecule has 0 aliphatic heterocycles. The smallest absolute Gasteiger partial charge is 0.164 e. The summed E-state index contributed by atoms with van der Waals surface area (Å²) in [6, 6.07) is 64.2. The molecule has 0 radical (unpaired) electrons. The van der Waals surface area contributed by atoms with E-state index in [1.165, 1.54) is 47.1 Å². The highest BCUT2D eigenvalue weighted by molar-refractivity contribution is 7.70. The summed E-state index contributed by atoms with van der Waals surface area (Å²) in [6.07, 6.45) is 5.89. The lowest BCUT2D eigenvalue weighted by atomic mass is 9.65. The predicted molar refractivity (Wildman–Crippen MR) is 242 cm³/mol. The third-order valence-electron chi connectivity index (χ3n) is 11.8. The summed E-state index contributed by atoms with van der Waals surface area (Å²) < 4.78 is 12.6. The van der Waals surface area contributed by atoms with Gasteiger partial charge in [0.15, 0.2) is 17.5 Å². The van der Waals surface area contributed by atoms with Crippen molar-refractivity contribution in [3.8, 4) is 67.5 Å². The molecule has 0 bridgehead atoms. The van der Waals surface area contributed by atoms with E-state index in [2.05, 4.69) is 158 Å². The standard InChI is InChI=1S/C53H46N3OP/c1-58(2,57)49-34-28-43(29-35-49)42-24-30-47(31-25-42)53(36-10-5-11-37-53)48-32-26-46(27-33-48)52-55-50(44-20-16-40(17-21-44)38-12-6-3-7-13-38)54-51(56-52)45-22-18-41(19-23-45)39-14-8-4-9-15-39/h3-4,6-9,12-35H,5,10-11,36-37H2,1-2H3. The molecule has 1 heterocycles. The van der Waals surface area contributed by atoms with Gasteiger partial charge in [-0.25, -0.2) is 15.0 Å². The van der Waals surface area contributed by atoms with Crippen LogP contribution in [0, 0.1) is 0 Å². The zero-order valence-corrected chi connectivity index (χ0v) is 33.9. The van der Waals surface area contributed by atoms with Crippen LogP contribution in [0.5, 0.6) is 0 Å². The van der Waals surface area contributed by atoms with Crippen molar-refractivity contribution in [3.05, 3.63) is 193 Å². The second-order valence-electron chi connectivity index (χ2n) is 15.9. The molecular weight excluding hydrogens is 726 g/mol. The first-order valence-corrected chi connectivity index (χ1v) is 22.9. The SMILES string of the molecule is CP(C)(=O)c1ccc(-c2ccc(C3(c4ccc(-c5nc(-c6ccc(-c7ccccc7)cc6)nc(-c6ccc(-c7ccccc7)cc6)n5)cc4)CCCCC3)cc2)cc1. The van der Waals surface area contributed by atoms with Gasteiger partial charge in [-0.2, -0.15) is 0 Å². The van der Waals surface area contributed by atoms with Crippen molar-refractivity contribution in [2.75, 3.05) is 13.3 Å². The molecule has 1 aromatic heterocycles. The number of aromatic nitrogens is 3. The predicted octanol–water partition coefficient (Wildman–Crippen LogP) is 13.4. The Morgan fingerprint density at radius 1 is 0.362 bits per heavy atom. The quantitative estimate of drug-likeness (QED) is 0.137. The van der Waals surface area contributed by atoms with Crippen LogP contribution in [-0.4, -0.2) is 28.3 Å². The van der Waals surface area contributed by atoms with E-state index in [1.54, 1.807) is 0 Å². The van der Waals surface area contributed by atoms with E-state index < -0.39 is 7.14 Å². The minimum absolute atomic E-state index is 0.0628. The highest BCUT2D eigenvalue weighted by Crippen LogP contribution is 2.46. The minimum atomic E-state index is -2.29. The molecule has 0 amide bonds. The molecule has 4 nitrogen and oxygen atoms in total. The van der Waals surface area contributed by atoms with Crippen molar-refractivity contribution in [1.29, 1.82) is 0 Å². The van der Waals surface area contributed by atoms with E-state index in [0.29, 0.717) is 17.5 Å². The van der Waals surface area contributed by atoms with Crippen molar-refractivity contribution in [1.82, 2.24) is 15.0 Å². The molecule has 8 aromatic rings. The lowest BCUT2D eigenvalue weighted by Gasteiger charge is -2.39. The van der Waals surface area contributed by atoms with Crippen LogP contribution in [-0.2, 0) is 9.98 Å². The highest BCUT2D eigenvalue weighted by atomic mass is 31.2. The van der Waals surface area contributed by atoms with Crippen LogP contribution in [0.4, 0.5) is 0 Å². The molecule has 0 spiro atoms. The van der Waals surface area contributed by atoms with Gasteiger partial charge in [0.25, 0.3) is 0 Å². The molecule has 0 atom stereocenters. The van der Waals surface area contributed by atoms with Crippen molar-refractivity contribution in [2.45, 2.75) is 37.5 Å². The fourth-order valence-electron chi connectivity index (χ4n) is 8.48. The van der Waals surface area contributed by atoms with E-state index in [1.807, 2.05) is 37.6 Å². The zero-order chi connectivity index (χ0) is 39.5. The van der Waals surface area contributed by atoms with Crippen LogP contribution >= 0.6 is 7.14 Å². The monoisotopic (exact) mass is 771 g/mol. The Labute approximate surface area is 342 Å². The van der Waals surface area contributed by atoms with Crippen LogP contribution in [0.25, 0.3) is 67.5 Å². The first kappa shape index (κ1) is 37.4. The maximum Gasteiger partial charge on any atom is 0.164 e. The number of hydrogen-bond acceptors (Lipinski definition) is 4. The van der Waals surface area contributed by atoms with Crippen LogP contribution in [0.3, 0.4) is 0 Å². The number of nitrogens with zero attached hydrogens (tertiary/aromatic N) is 3. The summed E-state index contributed by atoms with van der Waals surface area (Å²) in [5, 5.41) is 0.914. The van der Waals surface area contributed by atoms with Gasteiger partial charge < -0.3 is 4.57 Å². The van der Waals surface area contributed by atoms with Gasteiger partial charge in [0, 0.05) is 27.4 Å². The van der Waals surface area contributed by atoms with Crippen LogP contribution in [0.2, 0.25) is 0 Å². The average Bonchev–Trinajstić information content (AvgIpc) is 3.30. The highest BCUT2D eigenvalue weighted by Gasteiger charge is 2.35. The largest absolute Gasteiger partial charge is 0.319 e. The summed E-state index contributed by atoms with van der Waals surface area (Å²) in [5.74, 6) is 1.95. The molecule has 1 aliphatic carbocycles. The summed E-state index contributed by atoms with van der Waals surface area (Å²) in [6.45, 7) is 3.65. The van der Waals surface area contributed by atoms with Gasteiger partial charge in [-0.15, -0.1) is 0 Å². The van der Waals surface area contributed by atoms with Crippen molar-refractivity contribution < 1.29 is 4.57 Å². The fourth-order valence-corrected chi connectivity index (χ4v) is 9.35. The Balaban J connectivity index is 1.06. The fraction of sp³-hybridized carbons (Fsp3) is 0.151. The third-order valence-corrected chi connectivity index (χ3v) is 13.3. The number of benzene rings is 7. The number of rotatable bonds is 9. The maximum absolute atomic E-state index is 12.6. The molecule has 1 aliphatic rings. The van der Waals surface area contributed by atoms with Gasteiger partial charge in [-0.05, 0) is 70.7 Å². The summed E-state index contributed by atoms with van der Waals surface area (Å²) in [5.41, 5.74) is 12.4. The molecule has 284 valence electrons. The first-order chi connectivity index (χ1) is 28.3. The molecule has 0 N–H and O–H groups in total. The molecular formula is C53H46N3OP. The normalized spacial score (nSPS) is 13.9. The summed E-state index contributed by atoms with van der Waals surface area (Å²) in [7, 11) is -2.29. The van der Waals surface area contributed by atoms with E-state index in [9.17, 15) is 4.57 Å². The van der Waals surface area contributed by atoms with Crippen LogP contribution in [0.1, 0.15) is 43.2 Å². The number of hydrogen-bond donors (Lipinski definition) is 0. The van der Waals surface area contributed by atoms with Crippen molar-refractivity contribution >= 4 is 12.4 Å². The third kappa shape index (κ3) is 7.73. The van der Waals surface area contributed by atoms with E-state index in [-0.39, 0.29) is 5.41 Å².